The molecule has 1 saturated carbocycles. The highest BCUT2D eigenvalue weighted by molar-refractivity contribution is 7.94. The van der Waals surface area contributed by atoms with Gasteiger partial charge >= 0.3 is 5.97 Å². The molecule has 2 aromatic carbocycles. The van der Waals surface area contributed by atoms with E-state index >= 15 is 0 Å². The number of nitrogens with one attached hydrogen (secondary N) is 1. The first-order valence-electron chi connectivity index (χ1n) is 18.0. The zero-order valence-corrected chi connectivity index (χ0v) is 36.9. The summed E-state index contributed by atoms with van der Waals surface area (Å²) in [6, 6.07) is 5.06. The fourth-order valence-corrected chi connectivity index (χ4v) is 6.95. The van der Waals surface area contributed by atoms with Crippen molar-refractivity contribution >= 4 is 86.4 Å². The third kappa shape index (κ3) is 15.6. The van der Waals surface area contributed by atoms with E-state index < -0.39 is 99.4 Å². The van der Waals surface area contributed by atoms with E-state index in [1.807, 2.05) is 5.32 Å². The summed E-state index contributed by atoms with van der Waals surface area (Å²) in [5.41, 5.74) is -0.358. The standard InChI is InChI=1S/C18H15ClFNO3.C14H13NO7S.C3H8NO5P.C3H9S/c1-3-10(2)24-16-9-15(14(20)8-13(16)19)21-17(22)11-6-4-5-7-12(11)18(21)23;1-23(21,22)8-5-6-9(10(7-8)15(19)20)14(18)13-11(16)3-2-4-12(13)17;5-3(6)1-4-2-10(7,8)9;1-4(2)3/h1,8-10H,4-7H2,2H3;5-7,13H,2-4H2,1H3;4H,1-2H2,(H,5,6)(H2,7,8,9);1-3H3/q;;;+1/p-1. The number of hydrogen-bond acceptors (Lipinski definition) is 14. The van der Waals surface area contributed by atoms with Crippen LogP contribution in [-0.2, 0) is 49.3 Å². The lowest BCUT2D eigenvalue weighted by Gasteiger charge is -2.19. The summed E-state index contributed by atoms with van der Waals surface area (Å²) in [4.78, 5) is 99.7. The average Bonchev–Trinajstić information content (AvgIpc) is 3.40. The van der Waals surface area contributed by atoms with Crippen molar-refractivity contribution in [1.82, 2.24) is 5.32 Å². The lowest BCUT2D eigenvalue weighted by atomic mass is 9.81. The number of anilines is 1. The van der Waals surface area contributed by atoms with Crippen LogP contribution in [0.3, 0.4) is 0 Å². The molecule has 18 nitrogen and oxygen atoms in total. The second-order valence-electron chi connectivity index (χ2n) is 13.9. The van der Waals surface area contributed by atoms with Crippen LogP contribution in [0.4, 0.5) is 15.8 Å². The first kappa shape index (κ1) is 52.3. The van der Waals surface area contributed by atoms with Crippen LogP contribution in [-0.4, -0.2) is 102 Å². The summed E-state index contributed by atoms with van der Waals surface area (Å²) in [6.07, 6.45) is 14.7. The van der Waals surface area contributed by atoms with E-state index in [0.717, 1.165) is 48.3 Å². The average molecular weight is 932 g/mol. The Hall–Kier alpha value is -4.81. The predicted molar refractivity (Wildman–Crippen MR) is 222 cm³/mol. The number of amides is 2. The van der Waals surface area contributed by atoms with Gasteiger partial charge in [0, 0.05) is 42.4 Å². The number of carbonyl (C=O) groups excluding carboxylic acids is 5. The zero-order chi connectivity index (χ0) is 46.6. The van der Waals surface area contributed by atoms with Crippen LogP contribution in [0.2, 0.25) is 5.02 Å². The highest BCUT2D eigenvalue weighted by Crippen LogP contribution is 2.40. The maximum absolute atomic E-state index is 14.4. The Morgan fingerprint density at radius 1 is 1.07 bits per heavy atom. The summed E-state index contributed by atoms with van der Waals surface area (Å²) >= 11 is 5.97. The summed E-state index contributed by atoms with van der Waals surface area (Å²) in [5, 5.41) is 21.1. The number of benzene rings is 2. The number of carboxylic acid groups (broad SMARTS) is 1. The minimum atomic E-state index is -4.35. The highest BCUT2D eigenvalue weighted by atomic mass is 35.5. The van der Waals surface area contributed by atoms with Crippen molar-refractivity contribution in [2.45, 2.75) is 62.9 Å². The van der Waals surface area contributed by atoms with Crippen LogP contribution in [0.1, 0.15) is 62.2 Å². The molecule has 1 heterocycles. The largest absolute Gasteiger partial charge is 0.778 e. The molecule has 0 bridgehead atoms. The van der Waals surface area contributed by atoms with Crippen LogP contribution in [0, 0.1) is 34.2 Å². The number of Topliss-reactive ketones (excluding diaryl/α,β-unsaturated/α-hetero) is 3. The molecule has 0 spiro atoms. The molecular formula is C38H44ClFN3O15PS2. The van der Waals surface area contributed by atoms with Crippen molar-refractivity contribution in [1.29, 1.82) is 0 Å². The number of nitro benzene ring substituents is 1. The van der Waals surface area contributed by atoms with Gasteiger partial charge in [-0.25, -0.2) is 17.7 Å². The van der Waals surface area contributed by atoms with Crippen molar-refractivity contribution in [3.8, 4) is 18.1 Å². The molecule has 0 saturated heterocycles. The summed E-state index contributed by atoms with van der Waals surface area (Å²) < 4.78 is 52.7. The van der Waals surface area contributed by atoms with Crippen LogP contribution in [0.5, 0.6) is 5.75 Å². The molecule has 0 aromatic heterocycles. The smallest absolute Gasteiger partial charge is 0.317 e. The number of carboxylic acids is 1. The Kier molecular flexibility index (Phi) is 19.6. The number of aliphatic carboxylic acids is 1. The lowest BCUT2D eigenvalue weighted by Crippen LogP contribution is -2.35. The van der Waals surface area contributed by atoms with Crippen LogP contribution in [0.25, 0.3) is 0 Å². The number of ketones is 3. The zero-order valence-electron chi connectivity index (χ0n) is 33.6. The molecule has 3 aliphatic rings. The molecule has 23 heteroatoms. The van der Waals surface area contributed by atoms with Crippen molar-refractivity contribution in [2.75, 3.05) is 42.8 Å². The van der Waals surface area contributed by atoms with Gasteiger partial charge in [0.15, 0.2) is 33.3 Å². The molecule has 1 fully saturated rings. The first-order valence-corrected chi connectivity index (χ1v) is 24.4. The van der Waals surface area contributed by atoms with E-state index in [9.17, 15) is 61.1 Å². The Morgan fingerprint density at radius 2 is 1.59 bits per heavy atom. The second kappa shape index (κ2) is 22.9. The lowest BCUT2D eigenvalue weighted by molar-refractivity contribution is -0.385. The summed E-state index contributed by atoms with van der Waals surface area (Å²) in [7, 11) is -7.40. The molecule has 2 aliphatic carbocycles. The van der Waals surface area contributed by atoms with Crippen molar-refractivity contribution in [3.05, 3.63) is 68.0 Å². The normalized spacial score (nSPS) is 16.7. The van der Waals surface area contributed by atoms with Crippen LogP contribution in [0.15, 0.2) is 46.4 Å². The number of carbonyl (C=O) groups is 6. The molecule has 2 amide bonds. The molecule has 0 radical (unpaired) electrons. The van der Waals surface area contributed by atoms with Gasteiger partial charge in [0.25, 0.3) is 17.5 Å². The maximum Gasteiger partial charge on any atom is 0.317 e. The third-order valence-corrected chi connectivity index (χ3v) is 10.4. The third-order valence-electron chi connectivity index (χ3n) is 8.37. The van der Waals surface area contributed by atoms with Gasteiger partial charge in [-0.1, -0.05) is 17.5 Å². The van der Waals surface area contributed by atoms with Crippen LogP contribution < -0.4 is 19.8 Å². The molecule has 2 unspecified atom stereocenters. The van der Waals surface area contributed by atoms with Gasteiger partial charge in [0.05, 0.1) is 57.7 Å². The van der Waals surface area contributed by atoms with E-state index in [4.69, 9.17) is 32.8 Å². The topological polar surface area (TPSA) is 285 Å². The maximum atomic E-state index is 14.4. The van der Waals surface area contributed by atoms with Crippen molar-refractivity contribution < 1.29 is 70.7 Å². The fraction of sp³-hybridized carbons (Fsp3) is 0.421. The Bertz CT molecular complexity index is 2260. The molecule has 332 valence electrons. The number of ether oxygens (including phenoxy) is 1. The Balaban J connectivity index is 0.000000323. The Morgan fingerprint density at radius 3 is 2.03 bits per heavy atom. The van der Waals surface area contributed by atoms with Gasteiger partial charge in [-0.15, -0.1) is 6.42 Å². The number of halogens is 2. The molecule has 3 N–H and O–H groups in total. The SMILES string of the molecule is C#CC(C)Oc1cc(N2C(=O)C3=C(CCCC3)C2=O)c(F)cc1Cl.CS(=O)(=O)c1ccc(C(=O)C2C(=O)CCCC2=O)c([N+](=O)[O-])c1.C[S+](C)C.O=C(O)CNCP(=O)([O-])O. The van der Waals surface area contributed by atoms with Gasteiger partial charge in [-0.2, -0.15) is 0 Å². The summed E-state index contributed by atoms with van der Waals surface area (Å²) in [6.45, 7) is 1.15. The van der Waals surface area contributed by atoms with E-state index in [0.29, 0.717) is 41.3 Å². The number of hydrogen-bond donors (Lipinski definition) is 3. The molecule has 5 rings (SSSR count). The van der Waals surface area contributed by atoms with Gasteiger partial charge < -0.3 is 24.2 Å². The van der Waals surface area contributed by atoms with E-state index in [1.165, 1.54) is 6.07 Å². The quantitative estimate of drug-likeness (QED) is 0.0425. The number of terminal acetylenes is 1. The van der Waals surface area contributed by atoms with E-state index in [2.05, 4.69) is 24.7 Å². The fourth-order valence-electron chi connectivity index (χ4n) is 5.72. The van der Waals surface area contributed by atoms with E-state index in [-0.39, 0.29) is 34.2 Å². The van der Waals surface area contributed by atoms with Gasteiger partial charge in [0.1, 0.15) is 25.1 Å². The van der Waals surface area contributed by atoms with Gasteiger partial charge in [-0.3, -0.25) is 44.2 Å². The number of rotatable bonds is 11. The number of nitrogens with zero attached hydrogens (tertiary/aromatic N) is 2. The van der Waals surface area contributed by atoms with Crippen LogP contribution >= 0.6 is 19.2 Å². The van der Waals surface area contributed by atoms with E-state index in [1.54, 1.807) is 6.92 Å². The minimum absolute atomic E-state index is 0.0233. The molecule has 1 aliphatic heterocycles. The highest BCUT2D eigenvalue weighted by Gasteiger charge is 2.42. The predicted octanol–water partition coefficient (Wildman–Crippen LogP) is 3.40. The second-order valence-corrected chi connectivity index (χ2v) is 20.4. The summed E-state index contributed by atoms with van der Waals surface area (Å²) in [5.74, 6) is -3.98. The molecule has 2 atom stereocenters. The van der Waals surface area contributed by atoms with Crippen molar-refractivity contribution in [2.24, 2.45) is 5.92 Å². The molecule has 2 aromatic rings. The first-order chi connectivity index (χ1) is 28.2. The monoisotopic (exact) mass is 931 g/mol. The van der Waals surface area contributed by atoms with Gasteiger partial charge in [-0.05, 0) is 68.1 Å². The number of nitro groups is 1. The number of imide groups is 1. The molecular weight excluding hydrogens is 888 g/mol. The van der Waals surface area contributed by atoms with Crippen molar-refractivity contribution in [3.63, 3.8) is 0 Å². The number of sulfone groups is 1. The Labute approximate surface area is 358 Å². The van der Waals surface area contributed by atoms with Gasteiger partial charge in [0.2, 0.25) is 0 Å². The molecule has 61 heavy (non-hydrogen) atoms. The minimum Gasteiger partial charge on any atom is -0.778 e.